The van der Waals surface area contributed by atoms with Crippen molar-refractivity contribution in [3.8, 4) is 5.75 Å². The lowest BCUT2D eigenvalue weighted by atomic mass is 10.1. The number of rotatable bonds is 0. The summed E-state index contributed by atoms with van der Waals surface area (Å²) in [7, 11) is 0. The van der Waals surface area contributed by atoms with E-state index < -0.39 is 0 Å². The van der Waals surface area contributed by atoms with Crippen LogP contribution in [0.25, 0.3) is 0 Å². The highest BCUT2D eigenvalue weighted by molar-refractivity contribution is 6.31. The highest BCUT2D eigenvalue weighted by Gasteiger charge is 2.22. The van der Waals surface area contributed by atoms with Gasteiger partial charge in [-0.2, -0.15) is 0 Å². The van der Waals surface area contributed by atoms with Gasteiger partial charge in [0, 0.05) is 16.1 Å². The third kappa shape index (κ3) is 0.993. The Labute approximate surface area is 76.3 Å². The molecule has 0 fully saturated rings. The van der Waals surface area contributed by atoms with Gasteiger partial charge in [0.1, 0.15) is 12.4 Å². The molecule has 3 heteroatoms. The first-order chi connectivity index (χ1) is 5.70. The molecule has 0 spiro atoms. The van der Waals surface area contributed by atoms with Gasteiger partial charge in [-0.1, -0.05) is 17.7 Å². The van der Waals surface area contributed by atoms with Crippen molar-refractivity contribution < 1.29 is 4.74 Å². The van der Waals surface area contributed by atoms with Crippen LogP contribution in [-0.4, -0.2) is 6.61 Å². The van der Waals surface area contributed by atoms with Crippen molar-refractivity contribution in [3.63, 3.8) is 0 Å². The summed E-state index contributed by atoms with van der Waals surface area (Å²) in [5.74, 6) is 0.870. The van der Waals surface area contributed by atoms with Crippen LogP contribution >= 0.6 is 11.6 Å². The van der Waals surface area contributed by atoms with Crippen molar-refractivity contribution in [2.75, 3.05) is 6.61 Å². The van der Waals surface area contributed by atoms with Crippen molar-refractivity contribution >= 4 is 11.6 Å². The van der Waals surface area contributed by atoms with Crippen LogP contribution in [0.1, 0.15) is 17.2 Å². The smallest absolute Gasteiger partial charge is 0.128 e. The highest BCUT2D eigenvalue weighted by atomic mass is 35.5. The van der Waals surface area contributed by atoms with Crippen molar-refractivity contribution in [3.05, 3.63) is 28.3 Å². The number of hydrogen-bond donors (Lipinski definition) is 1. The Hall–Kier alpha value is -0.730. The van der Waals surface area contributed by atoms with Crippen LogP contribution in [0.4, 0.5) is 0 Å². The van der Waals surface area contributed by atoms with Gasteiger partial charge in [0.25, 0.3) is 0 Å². The maximum Gasteiger partial charge on any atom is 0.128 e. The van der Waals surface area contributed by atoms with E-state index in [1.54, 1.807) is 0 Å². The molecule has 1 aliphatic heterocycles. The SMILES string of the molecule is Cc1c(Cl)ccc2c1OCC2N. The maximum absolute atomic E-state index is 5.92. The zero-order valence-corrected chi connectivity index (χ0v) is 7.56. The molecule has 0 saturated heterocycles. The van der Waals surface area contributed by atoms with E-state index in [0.29, 0.717) is 6.61 Å². The van der Waals surface area contributed by atoms with Crippen molar-refractivity contribution in [2.45, 2.75) is 13.0 Å². The second kappa shape index (κ2) is 2.64. The number of nitrogens with two attached hydrogens (primary N) is 1. The normalized spacial score (nSPS) is 20.4. The summed E-state index contributed by atoms with van der Waals surface area (Å²) < 4.78 is 5.41. The van der Waals surface area contributed by atoms with Crippen LogP contribution in [0.2, 0.25) is 5.02 Å². The minimum absolute atomic E-state index is 0.0102. The first-order valence-corrected chi connectivity index (χ1v) is 4.25. The van der Waals surface area contributed by atoms with E-state index in [-0.39, 0.29) is 6.04 Å². The predicted molar refractivity (Wildman–Crippen MR) is 48.6 cm³/mol. The van der Waals surface area contributed by atoms with Gasteiger partial charge >= 0.3 is 0 Å². The molecule has 0 aromatic heterocycles. The van der Waals surface area contributed by atoms with Crippen molar-refractivity contribution in [1.29, 1.82) is 0 Å². The first-order valence-electron chi connectivity index (χ1n) is 3.87. The van der Waals surface area contributed by atoms with Gasteiger partial charge in [-0.15, -0.1) is 0 Å². The molecule has 0 bridgehead atoms. The molecule has 2 N–H and O–H groups in total. The molecular weight excluding hydrogens is 174 g/mol. The van der Waals surface area contributed by atoms with E-state index in [4.69, 9.17) is 22.1 Å². The van der Waals surface area contributed by atoms with E-state index in [0.717, 1.165) is 21.9 Å². The van der Waals surface area contributed by atoms with Crippen molar-refractivity contribution in [2.24, 2.45) is 5.73 Å². The zero-order chi connectivity index (χ0) is 8.72. The minimum Gasteiger partial charge on any atom is -0.491 e. The molecule has 0 saturated carbocycles. The number of fused-ring (bicyclic) bond motifs is 1. The van der Waals surface area contributed by atoms with Crippen LogP contribution in [-0.2, 0) is 0 Å². The molecule has 64 valence electrons. The standard InChI is InChI=1S/C9H10ClNO/c1-5-7(10)3-2-6-8(11)4-12-9(5)6/h2-3,8H,4,11H2,1H3. The van der Waals surface area contributed by atoms with E-state index in [2.05, 4.69) is 0 Å². The van der Waals surface area contributed by atoms with E-state index >= 15 is 0 Å². The fourth-order valence-electron chi connectivity index (χ4n) is 1.44. The third-order valence-electron chi connectivity index (χ3n) is 2.18. The summed E-state index contributed by atoms with van der Waals surface area (Å²) in [5, 5.41) is 0.739. The summed E-state index contributed by atoms with van der Waals surface area (Å²) in [6.07, 6.45) is 0. The lowest BCUT2D eigenvalue weighted by Crippen LogP contribution is -2.10. The topological polar surface area (TPSA) is 35.2 Å². The maximum atomic E-state index is 5.92. The van der Waals surface area contributed by atoms with Gasteiger partial charge in [0.15, 0.2) is 0 Å². The molecule has 1 unspecified atom stereocenters. The minimum atomic E-state index is 0.0102. The Morgan fingerprint density at radius 1 is 1.58 bits per heavy atom. The Morgan fingerprint density at radius 2 is 2.33 bits per heavy atom. The van der Waals surface area contributed by atoms with Crippen LogP contribution in [0.5, 0.6) is 5.75 Å². The molecule has 1 aromatic carbocycles. The van der Waals surface area contributed by atoms with Gasteiger partial charge in [0.05, 0.1) is 6.04 Å². The molecular formula is C9H10ClNO. The Kier molecular flexibility index (Phi) is 1.74. The molecule has 1 heterocycles. The van der Waals surface area contributed by atoms with Gasteiger partial charge in [0.2, 0.25) is 0 Å². The van der Waals surface area contributed by atoms with Crippen molar-refractivity contribution in [1.82, 2.24) is 0 Å². The summed E-state index contributed by atoms with van der Waals surface area (Å²) >= 11 is 5.92. The molecule has 1 aromatic rings. The Morgan fingerprint density at radius 3 is 3.08 bits per heavy atom. The lowest BCUT2D eigenvalue weighted by molar-refractivity contribution is 0.331. The van der Waals surface area contributed by atoms with Crippen LogP contribution in [0.3, 0.4) is 0 Å². The number of halogens is 1. The number of benzene rings is 1. The van der Waals surface area contributed by atoms with Crippen LogP contribution in [0.15, 0.2) is 12.1 Å². The van der Waals surface area contributed by atoms with E-state index in [9.17, 15) is 0 Å². The highest BCUT2D eigenvalue weighted by Crippen LogP contribution is 2.37. The fraction of sp³-hybridized carbons (Fsp3) is 0.333. The van der Waals surface area contributed by atoms with E-state index in [1.807, 2.05) is 19.1 Å². The van der Waals surface area contributed by atoms with Gasteiger partial charge in [-0.25, -0.2) is 0 Å². The second-order valence-electron chi connectivity index (χ2n) is 3.01. The van der Waals surface area contributed by atoms with Gasteiger partial charge in [-0.05, 0) is 13.0 Å². The fourth-order valence-corrected chi connectivity index (χ4v) is 1.58. The Balaban J connectivity index is 2.60. The monoisotopic (exact) mass is 183 g/mol. The quantitative estimate of drug-likeness (QED) is 0.668. The molecule has 2 rings (SSSR count). The third-order valence-corrected chi connectivity index (χ3v) is 2.59. The molecule has 1 aliphatic rings. The first kappa shape index (κ1) is 7.90. The molecule has 0 radical (unpaired) electrons. The summed E-state index contributed by atoms with van der Waals surface area (Å²) in [6, 6.07) is 3.81. The molecule has 0 amide bonds. The molecule has 0 aliphatic carbocycles. The average molecular weight is 184 g/mol. The van der Waals surface area contributed by atoms with E-state index in [1.165, 1.54) is 0 Å². The Bertz CT molecular complexity index is 325. The second-order valence-corrected chi connectivity index (χ2v) is 3.42. The number of ether oxygens (including phenoxy) is 1. The number of hydrogen-bond acceptors (Lipinski definition) is 2. The zero-order valence-electron chi connectivity index (χ0n) is 6.80. The molecule has 12 heavy (non-hydrogen) atoms. The summed E-state index contributed by atoms with van der Waals surface area (Å²) in [4.78, 5) is 0. The van der Waals surface area contributed by atoms with Crippen LogP contribution in [0, 0.1) is 6.92 Å². The summed E-state index contributed by atoms with van der Waals surface area (Å²) in [5.41, 5.74) is 7.85. The van der Waals surface area contributed by atoms with Crippen LogP contribution < -0.4 is 10.5 Å². The van der Waals surface area contributed by atoms with Gasteiger partial charge < -0.3 is 10.5 Å². The average Bonchev–Trinajstić information content (AvgIpc) is 2.41. The molecule has 2 nitrogen and oxygen atoms in total. The molecule has 1 atom stereocenters. The summed E-state index contributed by atoms with van der Waals surface area (Å²) in [6.45, 7) is 2.51. The lowest BCUT2D eigenvalue weighted by Gasteiger charge is -2.04. The largest absolute Gasteiger partial charge is 0.491 e. The predicted octanol–water partition coefficient (Wildman–Crippen LogP) is 2.04. The van der Waals surface area contributed by atoms with Gasteiger partial charge in [-0.3, -0.25) is 0 Å².